The Labute approximate surface area is 98.7 Å². The summed E-state index contributed by atoms with van der Waals surface area (Å²) >= 11 is 0. The third kappa shape index (κ3) is 1.76. The van der Waals surface area contributed by atoms with E-state index in [-0.39, 0.29) is 24.8 Å². The molecule has 1 N–H and O–H groups in total. The van der Waals surface area contributed by atoms with Gasteiger partial charge in [0.25, 0.3) is 0 Å². The van der Waals surface area contributed by atoms with E-state index in [9.17, 15) is 0 Å². The van der Waals surface area contributed by atoms with Crippen LogP contribution >= 0.6 is 24.8 Å². The average Bonchev–Trinajstić information content (AvgIpc) is 2.65. The van der Waals surface area contributed by atoms with Crippen molar-refractivity contribution in [1.29, 1.82) is 0 Å². The molecule has 0 amide bonds. The van der Waals surface area contributed by atoms with Crippen LogP contribution in [0.3, 0.4) is 0 Å². The van der Waals surface area contributed by atoms with Crippen LogP contribution in [0.1, 0.15) is 0 Å². The Morgan fingerprint density at radius 3 is 2.67 bits per heavy atom. The summed E-state index contributed by atoms with van der Waals surface area (Å²) in [6.45, 7) is 0. The molecule has 0 aliphatic heterocycles. The van der Waals surface area contributed by atoms with E-state index in [0.717, 1.165) is 21.8 Å². The summed E-state index contributed by atoms with van der Waals surface area (Å²) in [5, 5.41) is 9.14. The molecule has 0 bridgehead atoms. The zero-order chi connectivity index (χ0) is 8.67. The first kappa shape index (κ1) is 11.8. The molecule has 78 valence electrons. The fourth-order valence-corrected chi connectivity index (χ4v) is 1.55. The fraction of sp³-hybridized carbons (Fsp3) is 0. The summed E-state index contributed by atoms with van der Waals surface area (Å²) in [6.07, 6.45) is 3.62. The van der Waals surface area contributed by atoms with Gasteiger partial charge in [-0.1, -0.05) is 18.2 Å². The minimum atomic E-state index is 0. The quantitative estimate of drug-likeness (QED) is 0.658. The smallest absolute Gasteiger partial charge is 0.0759 e. The van der Waals surface area contributed by atoms with E-state index in [0.29, 0.717) is 0 Å². The van der Waals surface area contributed by atoms with E-state index in [1.165, 1.54) is 0 Å². The topological polar surface area (TPSA) is 41.6 Å². The van der Waals surface area contributed by atoms with Gasteiger partial charge in [0.05, 0.1) is 17.2 Å². The predicted octanol–water partition coefficient (Wildman–Crippen LogP) is 2.95. The maximum atomic E-state index is 4.32. The Morgan fingerprint density at radius 1 is 1.00 bits per heavy atom. The molecule has 2 aromatic heterocycles. The molecule has 0 radical (unpaired) electrons. The van der Waals surface area contributed by atoms with Crippen molar-refractivity contribution in [2.45, 2.75) is 0 Å². The molecule has 0 fully saturated rings. The number of para-hydroxylation sites is 1. The molecule has 0 unspecified atom stereocenters. The maximum absolute atomic E-state index is 4.32. The lowest BCUT2D eigenvalue weighted by Crippen LogP contribution is -1.78. The number of aromatic nitrogens is 3. The highest BCUT2D eigenvalue weighted by Gasteiger charge is 2.00. The Morgan fingerprint density at radius 2 is 1.80 bits per heavy atom. The number of fused-ring (bicyclic) bond motifs is 3. The molecule has 3 rings (SSSR count). The second-order valence-corrected chi connectivity index (χ2v) is 2.98. The lowest BCUT2D eigenvalue weighted by molar-refractivity contribution is 1.12. The van der Waals surface area contributed by atoms with Crippen LogP contribution in [0.15, 0.2) is 36.7 Å². The number of H-pyrrole nitrogens is 1. The van der Waals surface area contributed by atoms with E-state index < -0.39 is 0 Å². The van der Waals surface area contributed by atoms with Crippen molar-refractivity contribution in [2.24, 2.45) is 0 Å². The van der Waals surface area contributed by atoms with Crippen LogP contribution < -0.4 is 0 Å². The fourth-order valence-electron chi connectivity index (χ4n) is 1.55. The number of nitrogens with zero attached hydrogens (tertiary/aromatic N) is 2. The van der Waals surface area contributed by atoms with Gasteiger partial charge >= 0.3 is 0 Å². The lowest BCUT2D eigenvalue weighted by atomic mass is 10.2. The summed E-state index contributed by atoms with van der Waals surface area (Å²) in [5.74, 6) is 0. The SMILES string of the molecule is Cl.Cl.c1ccc2c(c1)ncc1cn[nH]c12. The zero-order valence-corrected chi connectivity index (χ0v) is 9.31. The number of aromatic amines is 1. The first-order chi connectivity index (χ1) is 6.45. The van der Waals surface area contributed by atoms with Crippen LogP contribution in [0, 0.1) is 0 Å². The number of hydrogen-bond acceptors (Lipinski definition) is 2. The normalized spacial score (nSPS) is 9.60. The molecule has 5 heteroatoms. The van der Waals surface area contributed by atoms with Crippen molar-refractivity contribution >= 4 is 46.6 Å². The Bertz CT molecular complexity index is 577. The zero-order valence-electron chi connectivity index (χ0n) is 7.68. The molecule has 3 aromatic rings. The van der Waals surface area contributed by atoms with Gasteiger partial charge in [0, 0.05) is 17.0 Å². The molecule has 0 aliphatic carbocycles. The number of nitrogens with one attached hydrogen (secondary N) is 1. The van der Waals surface area contributed by atoms with E-state index in [2.05, 4.69) is 15.2 Å². The molecular weight excluding hydrogens is 233 g/mol. The van der Waals surface area contributed by atoms with Gasteiger partial charge in [-0.25, -0.2) is 0 Å². The van der Waals surface area contributed by atoms with Crippen LogP contribution in [0.4, 0.5) is 0 Å². The molecular formula is C10H9Cl2N3. The Kier molecular flexibility index (Phi) is 3.50. The molecule has 15 heavy (non-hydrogen) atoms. The van der Waals surface area contributed by atoms with Crippen molar-refractivity contribution in [1.82, 2.24) is 15.2 Å². The van der Waals surface area contributed by atoms with Crippen molar-refractivity contribution in [2.75, 3.05) is 0 Å². The summed E-state index contributed by atoms with van der Waals surface area (Å²) < 4.78 is 0. The van der Waals surface area contributed by atoms with Crippen molar-refractivity contribution in [3.63, 3.8) is 0 Å². The molecule has 0 saturated carbocycles. The summed E-state index contributed by atoms with van der Waals surface area (Å²) in [7, 11) is 0. The first-order valence-corrected chi connectivity index (χ1v) is 4.12. The van der Waals surface area contributed by atoms with E-state index >= 15 is 0 Å². The van der Waals surface area contributed by atoms with Crippen molar-refractivity contribution in [3.8, 4) is 0 Å². The minimum absolute atomic E-state index is 0. The maximum Gasteiger partial charge on any atom is 0.0759 e. The monoisotopic (exact) mass is 241 g/mol. The van der Waals surface area contributed by atoms with Gasteiger partial charge in [-0.3, -0.25) is 10.1 Å². The van der Waals surface area contributed by atoms with Crippen molar-refractivity contribution < 1.29 is 0 Å². The van der Waals surface area contributed by atoms with E-state index in [4.69, 9.17) is 0 Å². The number of rotatable bonds is 0. The second-order valence-electron chi connectivity index (χ2n) is 2.98. The van der Waals surface area contributed by atoms with Gasteiger partial charge < -0.3 is 0 Å². The molecule has 0 spiro atoms. The second kappa shape index (κ2) is 4.47. The molecule has 2 heterocycles. The molecule has 0 atom stereocenters. The summed E-state index contributed by atoms with van der Waals surface area (Å²) in [5.41, 5.74) is 2.06. The van der Waals surface area contributed by atoms with Crippen LogP contribution in [0.2, 0.25) is 0 Å². The highest BCUT2D eigenvalue weighted by Crippen LogP contribution is 2.19. The van der Waals surface area contributed by atoms with E-state index in [1.807, 2.05) is 30.5 Å². The molecule has 3 nitrogen and oxygen atoms in total. The molecule has 1 aromatic carbocycles. The van der Waals surface area contributed by atoms with Crippen LogP contribution in [-0.2, 0) is 0 Å². The molecule has 0 aliphatic rings. The number of halogens is 2. The van der Waals surface area contributed by atoms with Gasteiger partial charge in [0.1, 0.15) is 0 Å². The number of pyridine rings is 1. The minimum Gasteiger partial charge on any atom is -0.277 e. The van der Waals surface area contributed by atoms with Gasteiger partial charge in [0.15, 0.2) is 0 Å². The van der Waals surface area contributed by atoms with Crippen LogP contribution in [0.5, 0.6) is 0 Å². The first-order valence-electron chi connectivity index (χ1n) is 4.12. The number of hydrogen-bond donors (Lipinski definition) is 1. The van der Waals surface area contributed by atoms with E-state index in [1.54, 1.807) is 6.20 Å². The van der Waals surface area contributed by atoms with Gasteiger partial charge in [-0.05, 0) is 6.07 Å². The highest BCUT2D eigenvalue weighted by molar-refractivity contribution is 6.02. The van der Waals surface area contributed by atoms with Gasteiger partial charge in [0.2, 0.25) is 0 Å². The Balaban J connectivity index is 0.000000562. The standard InChI is InChI=1S/C10H7N3.2ClH/c1-2-4-9-8(3-1)10-7(5-11-9)6-12-13-10;;/h1-6H,(H,12,13);2*1H. The summed E-state index contributed by atoms with van der Waals surface area (Å²) in [6, 6.07) is 8.03. The largest absolute Gasteiger partial charge is 0.277 e. The number of benzene rings is 1. The van der Waals surface area contributed by atoms with Crippen LogP contribution in [-0.4, -0.2) is 15.2 Å². The van der Waals surface area contributed by atoms with Crippen molar-refractivity contribution in [3.05, 3.63) is 36.7 Å². The third-order valence-corrected chi connectivity index (χ3v) is 2.18. The van der Waals surface area contributed by atoms with Gasteiger partial charge in [-0.15, -0.1) is 24.8 Å². The third-order valence-electron chi connectivity index (χ3n) is 2.18. The predicted molar refractivity (Wildman–Crippen MR) is 65.9 cm³/mol. The van der Waals surface area contributed by atoms with Gasteiger partial charge in [-0.2, -0.15) is 5.10 Å². The Hall–Kier alpha value is -1.32. The highest BCUT2D eigenvalue weighted by atomic mass is 35.5. The summed E-state index contributed by atoms with van der Waals surface area (Å²) in [4.78, 5) is 4.32. The lowest BCUT2D eigenvalue weighted by Gasteiger charge is -1.96. The molecule has 0 saturated heterocycles. The van der Waals surface area contributed by atoms with Crippen LogP contribution in [0.25, 0.3) is 21.8 Å². The average molecular weight is 242 g/mol.